The lowest BCUT2D eigenvalue weighted by Crippen LogP contribution is -2.15. The lowest BCUT2D eigenvalue weighted by Gasteiger charge is -2.01. The number of hydrogen-bond donors (Lipinski definition) is 2. The second kappa shape index (κ2) is 10.9. The molecule has 0 amide bonds. The second-order valence-corrected chi connectivity index (χ2v) is 3.28. The normalized spacial score (nSPS) is 10.5. The molecule has 2 heteroatoms. The van der Waals surface area contributed by atoms with Crippen LogP contribution in [0.3, 0.4) is 0 Å². The van der Waals surface area contributed by atoms with Crippen LogP contribution >= 0.6 is 0 Å². The molecule has 0 aromatic heterocycles. The Balaban J connectivity index is 2.73. The minimum absolute atomic E-state index is 0.121. The van der Waals surface area contributed by atoms with E-state index in [-0.39, 0.29) is 6.73 Å². The monoisotopic (exact) mass is 173 g/mol. The van der Waals surface area contributed by atoms with Crippen LogP contribution in [0.4, 0.5) is 0 Å². The lowest BCUT2D eigenvalue weighted by atomic mass is 10.1. The van der Waals surface area contributed by atoms with E-state index in [1.807, 2.05) is 0 Å². The zero-order valence-electron chi connectivity index (χ0n) is 8.31. The fourth-order valence-corrected chi connectivity index (χ4v) is 1.29. The van der Waals surface area contributed by atoms with Crippen molar-refractivity contribution >= 4 is 0 Å². The third kappa shape index (κ3) is 9.92. The van der Waals surface area contributed by atoms with E-state index in [0.29, 0.717) is 0 Å². The molecule has 0 saturated carbocycles. The van der Waals surface area contributed by atoms with Gasteiger partial charge in [0.2, 0.25) is 0 Å². The molecule has 0 rings (SSSR count). The van der Waals surface area contributed by atoms with Crippen LogP contribution in [-0.2, 0) is 0 Å². The highest BCUT2D eigenvalue weighted by molar-refractivity contribution is 4.46. The summed E-state index contributed by atoms with van der Waals surface area (Å²) in [6.45, 7) is 3.32. The maximum atomic E-state index is 8.43. The zero-order chi connectivity index (χ0) is 9.07. The molecule has 0 radical (unpaired) electrons. The Morgan fingerprint density at radius 1 is 0.917 bits per heavy atom. The first kappa shape index (κ1) is 11.9. The Bertz CT molecular complexity index is 66.2. The molecule has 2 N–H and O–H groups in total. The molecule has 0 fully saturated rings. The molecule has 0 bridgehead atoms. The van der Waals surface area contributed by atoms with Crippen LogP contribution in [0.2, 0.25) is 0 Å². The summed E-state index contributed by atoms with van der Waals surface area (Å²) < 4.78 is 0. The van der Waals surface area contributed by atoms with Gasteiger partial charge in [-0.1, -0.05) is 45.4 Å². The van der Waals surface area contributed by atoms with Crippen molar-refractivity contribution in [1.29, 1.82) is 0 Å². The highest BCUT2D eigenvalue weighted by Crippen LogP contribution is 2.05. The maximum absolute atomic E-state index is 8.43. The van der Waals surface area contributed by atoms with Gasteiger partial charge in [0, 0.05) is 0 Å². The summed E-state index contributed by atoms with van der Waals surface area (Å²) in [5.41, 5.74) is 0. The standard InChI is InChI=1S/C10H23NO/c1-2-3-4-5-6-7-8-9-11-10-12/h11-12H,2-10H2,1H3. The van der Waals surface area contributed by atoms with Gasteiger partial charge >= 0.3 is 0 Å². The SMILES string of the molecule is CCCCCCCCCNCO. The van der Waals surface area contributed by atoms with E-state index in [1.165, 1.54) is 44.9 Å². The first-order valence-corrected chi connectivity index (χ1v) is 5.23. The molecule has 0 heterocycles. The average molecular weight is 173 g/mol. The topological polar surface area (TPSA) is 32.3 Å². The summed E-state index contributed by atoms with van der Waals surface area (Å²) in [4.78, 5) is 0. The Hall–Kier alpha value is -0.0800. The number of aliphatic hydroxyl groups excluding tert-OH is 1. The van der Waals surface area contributed by atoms with Crippen LogP contribution in [-0.4, -0.2) is 18.4 Å². The average Bonchev–Trinajstić information content (AvgIpc) is 2.10. The summed E-state index contributed by atoms with van der Waals surface area (Å²) in [5, 5.41) is 11.3. The number of unbranched alkanes of at least 4 members (excludes halogenated alkanes) is 6. The van der Waals surface area contributed by atoms with Crippen molar-refractivity contribution in [3.8, 4) is 0 Å². The molecule has 0 saturated heterocycles. The van der Waals surface area contributed by atoms with E-state index in [0.717, 1.165) is 6.54 Å². The predicted octanol–water partition coefficient (Wildman–Crippen LogP) is 2.28. The fourth-order valence-electron chi connectivity index (χ4n) is 1.29. The number of nitrogens with one attached hydrogen (secondary N) is 1. The van der Waals surface area contributed by atoms with E-state index < -0.39 is 0 Å². The third-order valence-electron chi connectivity index (χ3n) is 2.07. The molecule has 0 aliphatic carbocycles. The van der Waals surface area contributed by atoms with Gasteiger partial charge in [0.05, 0.1) is 6.73 Å². The number of hydrogen-bond acceptors (Lipinski definition) is 2. The van der Waals surface area contributed by atoms with Gasteiger partial charge in [-0.25, -0.2) is 0 Å². The molecule has 12 heavy (non-hydrogen) atoms. The second-order valence-electron chi connectivity index (χ2n) is 3.28. The molecule has 0 aromatic rings. The van der Waals surface area contributed by atoms with Crippen molar-refractivity contribution in [3.63, 3.8) is 0 Å². The summed E-state index contributed by atoms with van der Waals surface area (Å²) in [7, 11) is 0. The van der Waals surface area contributed by atoms with Gasteiger partial charge in [-0.3, -0.25) is 5.32 Å². The third-order valence-corrected chi connectivity index (χ3v) is 2.07. The molecule has 0 spiro atoms. The van der Waals surface area contributed by atoms with Crippen molar-refractivity contribution in [1.82, 2.24) is 5.32 Å². The largest absolute Gasteiger partial charge is 0.381 e. The molecule has 2 nitrogen and oxygen atoms in total. The van der Waals surface area contributed by atoms with Crippen LogP contribution < -0.4 is 5.32 Å². The first-order chi connectivity index (χ1) is 5.91. The van der Waals surface area contributed by atoms with Gasteiger partial charge in [0.25, 0.3) is 0 Å². The smallest absolute Gasteiger partial charge is 0.0931 e. The minimum Gasteiger partial charge on any atom is -0.381 e. The fraction of sp³-hybridized carbons (Fsp3) is 1.00. The molecule has 0 aromatic carbocycles. The molecule has 0 aliphatic heterocycles. The lowest BCUT2D eigenvalue weighted by molar-refractivity contribution is 0.260. The Morgan fingerprint density at radius 2 is 1.50 bits per heavy atom. The molecular weight excluding hydrogens is 150 g/mol. The highest BCUT2D eigenvalue weighted by atomic mass is 16.3. The van der Waals surface area contributed by atoms with Crippen molar-refractivity contribution in [2.24, 2.45) is 0 Å². The zero-order valence-corrected chi connectivity index (χ0v) is 8.31. The molecular formula is C10H23NO. The number of aliphatic hydroxyl groups is 1. The van der Waals surface area contributed by atoms with E-state index in [4.69, 9.17) is 5.11 Å². The molecule has 74 valence electrons. The van der Waals surface area contributed by atoms with Crippen LogP contribution in [0.5, 0.6) is 0 Å². The van der Waals surface area contributed by atoms with Crippen molar-refractivity contribution in [2.75, 3.05) is 13.3 Å². The number of rotatable bonds is 9. The van der Waals surface area contributed by atoms with E-state index in [2.05, 4.69) is 12.2 Å². The molecule has 0 atom stereocenters. The van der Waals surface area contributed by atoms with Gasteiger partial charge in [0.1, 0.15) is 0 Å². The molecule has 0 unspecified atom stereocenters. The van der Waals surface area contributed by atoms with Gasteiger partial charge in [-0.05, 0) is 13.0 Å². The van der Waals surface area contributed by atoms with E-state index >= 15 is 0 Å². The Labute approximate surface area is 76.4 Å². The maximum Gasteiger partial charge on any atom is 0.0931 e. The Kier molecular flexibility index (Phi) is 10.8. The van der Waals surface area contributed by atoms with Crippen LogP contribution in [0.25, 0.3) is 0 Å². The van der Waals surface area contributed by atoms with Gasteiger partial charge in [-0.2, -0.15) is 0 Å². The quantitative estimate of drug-likeness (QED) is 0.414. The van der Waals surface area contributed by atoms with Gasteiger partial charge in [0.15, 0.2) is 0 Å². The van der Waals surface area contributed by atoms with Crippen LogP contribution in [0.15, 0.2) is 0 Å². The summed E-state index contributed by atoms with van der Waals surface area (Å²) in [5.74, 6) is 0. The van der Waals surface area contributed by atoms with Crippen LogP contribution in [0, 0.1) is 0 Å². The van der Waals surface area contributed by atoms with Gasteiger partial charge < -0.3 is 5.11 Å². The summed E-state index contributed by atoms with van der Waals surface area (Å²) in [6.07, 6.45) is 9.34. The summed E-state index contributed by atoms with van der Waals surface area (Å²) >= 11 is 0. The Morgan fingerprint density at radius 3 is 2.08 bits per heavy atom. The highest BCUT2D eigenvalue weighted by Gasteiger charge is 1.89. The van der Waals surface area contributed by atoms with E-state index in [9.17, 15) is 0 Å². The van der Waals surface area contributed by atoms with Crippen LogP contribution in [0.1, 0.15) is 51.9 Å². The first-order valence-electron chi connectivity index (χ1n) is 5.23. The van der Waals surface area contributed by atoms with Crippen molar-refractivity contribution in [2.45, 2.75) is 51.9 Å². The van der Waals surface area contributed by atoms with Crippen molar-refractivity contribution in [3.05, 3.63) is 0 Å². The predicted molar refractivity (Wildman–Crippen MR) is 53.1 cm³/mol. The van der Waals surface area contributed by atoms with Gasteiger partial charge in [-0.15, -0.1) is 0 Å². The van der Waals surface area contributed by atoms with E-state index in [1.54, 1.807) is 0 Å². The summed E-state index contributed by atoms with van der Waals surface area (Å²) in [6, 6.07) is 0. The minimum atomic E-state index is 0.121. The molecule has 0 aliphatic rings. The van der Waals surface area contributed by atoms with Crippen molar-refractivity contribution < 1.29 is 5.11 Å².